The number of nitrogens with one attached hydrogen (secondary N) is 1. The van der Waals surface area contributed by atoms with Gasteiger partial charge in [0.15, 0.2) is 0 Å². The third-order valence-corrected chi connectivity index (χ3v) is 3.56. The lowest BCUT2D eigenvalue weighted by Gasteiger charge is -2.28. The van der Waals surface area contributed by atoms with E-state index in [0.29, 0.717) is 5.95 Å². The largest absolute Gasteiger partial charge is 0.468 e. The molecule has 0 saturated heterocycles. The molecule has 114 valence electrons. The second kappa shape index (κ2) is 7.22. The van der Waals surface area contributed by atoms with Crippen LogP contribution in [0.15, 0.2) is 28.9 Å². The predicted molar refractivity (Wildman–Crippen MR) is 84.4 cm³/mol. The third-order valence-electron chi connectivity index (χ3n) is 3.56. The number of anilines is 1. The van der Waals surface area contributed by atoms with Gasteiger partial charge in [0.05, 0.1) is 12.3 Å². The summed E-state index contributed by atoms with van der Waals surface area (Å²) >= 11 is 0. The molecule has 2 rings (SSSR count). The van der Waals surface area contributed by atoms with Crippen molar-refractivity contribution in [2.45, 2.75) is 33.7 Å². The topological polar surface area (TPSA) is 54.2 Å². The van der Waals surface area contributed by atoms with Gasteiger partial charge in [0.25, 0.3) is 0 Å². The molecule has 5 nitrogen and oxygen atoms in total. The highest BCUT2D eigenvalue weighted by atomic mass is 16.3. The molecular formula is C16H24N4O. The van der Waals surface area contributed by atoms with E-state index in [1.807, 2.05) is 32.0 Å². The smallest absolute Gasteiger partial charge is 0.223 e. The van der Waals surface area contributed by atoms with Crippen LogP contribution in [-0.2, 0) is 0 Å². The van der Waals surface area contributed by atoms with Crippen LogP contribution in [0, 0.1) is 13.8 Å². The first kappa shape index (κ1) is 15.5. The zero-order valence-corrected chi connectivity index (χ0v) is 13.3. The van der Waals surface area contributed by atoms with E-state index in [4.69, 9.17) is 4.42 Å². The number of nitrogens with zero attached hydrogens (tertiary/aromatic N) is 3. The lowest BCUT2D eigenvalue weighted by molar-refractivity contribution is 0.201. The maximum Gasteiger partial charge on any atom is 0.223 e. The van der Waals surface area contributed by atoms with Crippen LogP contribution in [0.2, 0.25) is 0 Å². The van der Waals surface area contributed by atoms with E-state index in [1.54, 1.807) is 6.26 Å². The molecule has 5 heteroatoms. The second-order valence-corrected chi connectivity index (χ2v) is 5.11. The predicted octanol–water partition coefficient (Wildman–Crippen LogP) is 3.18. The molecule has 0 fully saturated rings. The van der Waals surface area contributed by atoms with Gasteiger partial charge in [-0.05, 0) is 45.1 Å². The molecule has 0 aliphatic carbocycles. The van der Waals surface area contributed by atoms with Crippen molar-refractivity contribution in [3.05, 3.63) is 41.6 Å². The van der Waals surface area contributed by atoms with Gasteiger partial charge in [-0.1, -0.05) is 13.8 Å². The molecule has 0 radical (unpaired) electrons. The van der Waals surface area contributed by atoms with Gasteiger partial charge in [0.2, 0.25) is 5.95 Å². The fourth-order valence-electron chi connectivity index (χ4n) is 2.55. The highest BCUT2D eigenvalue weighted by molar-refractivity contribution is 5.28. The molecule has 0 aliphatic rings. The van der Waals surface area contributed by atoms with Crippen molar-refractivity contribution in [1.82, 2.24) is 14.9 Å². The Balaban J connectivity index is 2.12. The molecule has 1 N–H and O–H groups in total. The van der Waals surface area contributed by atoms with Crippen molar-refractivity contribution in [3.8, 4) is 0 Å². The number of rotatable bonds is 7. The van der Waals surface area contributed by atoms with Gasteiger partial charge >= 0.3 is 0 Å². The summed E-state index contributed by atoms with van der Waals surface area (Å²) in [6.45, 7) is 10.9. The van der Waals surface area contributed by atoms with Gasteiger partial charge in [-0.25, -0.2) is 9.97 Å². The van der Waals surface area contributed by atoms with Crippen LogP contribution in [0.1, 0.15) is 37.0 Å². The maximum atomic E-state index is 5.59. The molecule has 0 bridgehead atoms. The van der Waals surface area contributed by atoms with E-state index < -0.39 is 0 Å². The maximum absolute atomic E-state index is 5.59. The summed E-state index contributed by atoms with van der Waals surface area (Å²) in [6.07, 6.45) is 1.72. The van der Waals surface area contributed by atoms with Gasteiger partial charge in [-0.2, -0.15) is 0 Å². The molecule has 0 spiro atoms. The molecule has 21 heavy (non-hydrogen) atoms. The molecule has 2 aromatic heterocycles. The quantitative estimate of drug-likeness (QED) is 0.848. The number of aryl methyl sites for hydroxylation is 2. The SMILES string of the molecule is CCN(CC)C(CNc1nc(C)cc(C)n1)c1ccco1. The zero-order valence-electron chi connectivity index (χ0n) is 13.3. The summed E-state index contributed by atoms with van der Waals surface area (Å²) in [5, 5.41) is 3.34. The van der Waals surface area contributed by atoms with E-state index in [1.165, 1.54) is 0 Å². The lowest BCUT2D eigenvalue weighted by atomic mass is 10.2. The van der Waals surface area contributed by atoms with Crippen LogP contribution < -0.4 is 5.32 Å². The Kier molecular flexibility index (Phi) is 5.33. The van der Waals surface area contributed by atoms with Crippen LogP contribution in [0.5, 0.6) is 0 Å². The van der Waals surface area contributed by atoms with Crippen LogP contribution in [0.4, 0.5) is 5.95 Å². The molecule has 2 heterocycles. The average Bonchev–Trinajstić information content (AvgIpc) is 2.96. The Bertz CT molecular complexity index is 529. The first-order valence-corrected chi connectivity index (χ1v) is 7.47. The molecule has 0 amide bonds. The average molecular weight is 288 g/mol. The van der Waals surface area contributed by atoms with Crippen LogP contribution in [0.25, 0.3) is 0 Å². The van der Waals surface area contributed by atoms with Crippen molar-refractivity contribution < 1.29 is 4.42 Å². The minimum absolute atomic E-state index is 0.180. The minimum Gasteiger partial charge on any atom is -0.468 e. The van der Waals surface area contributed by atoms with Crippen molar-refractivity contribution in [2.75, 3.05) is 25.0 Å². The number of aromatic nitrogens is 2. The zero-order chi connectivity index (χ0) is 15.2. The first-order valence-electron chi connectivity index (χ1n) is 7.47. The van der Waals surface area contributed by atoms with E-state index in [9.17, 15) is 0 Å². The number of hydrogen-bond donors (Lipinski definition) is 1. The van der Waals surface area contributed by atoms with Gasteiger partial charge in [-0.3, -0.25) is 4.90 Å². The van der Waals surface area contributed by atoms with Crippen molar-refractivity contribution in [3.63, 3.8) is 0 Å². The molecule has 0 aromatic carbocycles. The summed E-state index contributed by atoms with van der Waals surface area (Å²) in [4.78, 5) is 11.2. The minimum atomic E-state index is 0.180. The third kappa shape index (κ3) is 4.04. The molecule has 0 aliphatic heterocycles. The number of hydrogen-bond acceptors (Lipinski definition) is 5. The van der Waals surface area contributed by atoms with Crippen LogP contribution >= 0.6 is 0 Å². The van der Waals surface area contributed by atoms with E-state index in [2.05, 4.69) is 34.0 Å². The molecule has 1 atom stereocenters. The normalized spacial score (nSPS) is 12.6. The Morgan fingerprint density at radius 2 is 1.86 bits per heavy atom. The van der Waals surface area contributed by atoms with E-state index >= 15 is 0 Å². The summed E-state index contributed by atoms with van der Waals surface area (Å²) in [5.74, 6) is 1.65. The van der Waals surface area contributed by atoms with Gasteiger partial charge in [0.1, 0.15) is 5.76 Å². The second-order valence-electron chi connectivity index (χ2n) is 5.11. The van der Waals surface area contributed by atoms with E-state index in [0.717, 1.165) is 36.8 Å². The Morgan fingerprint density at radius 1 is 1.19 bits per heavy atom. The molecule has 1 unspecified atom stereocenters. The summed E-state index contributed by atoms with van der Waals surface area (Å²) in [5.41, 5.74) is 1.95. The number of furan rings is 1. The first-order chi connectivity index (χ1) is 10.1. The Hall–Kier alpha value is -1.88. The highest BCUT2D eigenvalue weighted by Crippen LogP contribution is 2.21. The summed E-state index contributed by atoms with van der Waals surface area (Å²) < 4.78 is 5.59. The molecule has 2 aromatic rings. The Morgan fingerprint density at radius 3 is 2.38 bits per heavy atom. The summed E-state index contributed by atoms with van der Waals surface area (Å²) in [7, 11) is 0. The fourth-order valence-corrected chi connectivity index (χ4v) is 2.55. The summed E-state index contributed by atoms with van der Waals surface area (Å²) in [6, 6.07) is 6.10. The van der Waals surface area contributed by atoms with Gasteiger partial charge < -0.3 is 9.73 Å². The monoisotopic (exact) mass is 288 g/mol. The van der Waals surface area contributed by atoms with Crippen LogP contribution in [0.3, 0.4) is 0 Å². The Labute approximate surface area is 126 Å². The van der Waals surface area contributed by atoms with Gasteiger partial charge in [0, 0.05) is 17.9 Å². The standard InChI is InChI=1S/C16H24N4O/c1-5-20(6-2)14(15-8-7-9-21-15)11-17-16-18-12(3)10-13(4)19-16/h7-10,14H,5-6,11H2,1-4H3,(H,17,18,19). The van der Waals surface area contributed by atoms with E-state index in [-0.39, 0.29) is 6.04 Å². The van der Waals surface area contributed by atoms with Crippen molar-refractivity contribution in [1.29, 1.82) is 0 Å². The van der Waals surface area contributed by atoms with Crippen molar-refractivity contribution >= 4 is 5.95 Å². The lowest BCUT2D eigenvalue weighted by Crippen LogP contribution is -2.33. The highest BCUT2D eigenvalue weighted by Gasteiger charge is 2.20. The molecule has 0 saturated carbocycles. The number of likely N-dealkylation sites (N-methyl/N-ethyl adjacent to an activating group) is 1. The van der Waals surface area contributed by atoms with Gasteiger partial charge in [-0.15, -0.1) is 0 Å². The fraction of sp³-hybridized carbons (Fsp3) is 0.500. The molecular weight excluding hydrogens is 264 g/mol. The van der Waals surface area contributed by atoms with Crippen molar-refractivity contribution in [2.24, 2.45) is 0 Å². The van der Waals surface area contributed by atoms with Crippen LogP contribution in [-0.4, -0.2) is 34.5 Å².